The molecule has 0 bridgehead atoms. The molecule has 0 heterocycles. The molecule has 0 spiro atoms. The first kappa shape index (κ1) is 32.4. The minimum atomic E-state index is -1.75. The molecule has 0 aliphatic rings. The van der Waals surface area contributed by atoms with Crippen molar-refractivity contribution in [2.45, 2.75) is 0 Å². The van der Waals surface area contributed by atoms with Gasteiger partial charge in [-0.05, 0) is 0 Å². The third kappa shape index (κ3) is 450. The molecule has 0 N–H and O–H groups in total. The van der Waals surface area contributed by atoms with Gasteiger partial charge in [0.1, 0.15) is 0 Å². The van der Waals surface area contributed by atoms with Gasteiger partial charge in [-0.3, -0.25) is 0 Å². The quantitative estimate of drug-likeness (QED) is 0.380. The Balaban J connectivity index is -0.0000000171. The van der Waals surface area contributed by atoms with Crippen LogP contribution in [0.4, 0.5) is 0 Å². The summed E-state index contributed by atoms with van der Waals surface area (Å²) in [5.41, 5.74) is 0. The zero-order valence-electron chi connectivity index (χ0n) is 4.55. The Morgan fingerprint density at radius 2 is 0.727 bits per heavy atom. The zero-order chi connectivity index (χ0) is 7.15. The molecule has 0 saturated carbocycles. The third-order valence-corrected chi connectivity index (χ3v) is 0. The van der Waals surface area contributed by atoms with E-state index in [0.29, 0.717) is 0 Å². The van der Waals surface area contributed by atoms with Crippen LogP contribution in [0.1, 0.15) is 0 Å². The van der Waals surface area contributed by atoms with Crippen molar-refractivity contribution in [2.75, 3.05) is 0 Å². The Morgan fingerprint density at radius 3 is 0.727 bits per heavy atom. The Morgan fingerprint density at radius 1 is 0.727 bits per heavy atom. The molecule has 0 amide bonds. The molecule has 0 unspecified atom stereocenters. The molecule has 0 rings (SSSR count). The van der Waals surface area contributed by atoms with Gasteiger partial charge in [0, 0.05) is 12.3 Å². The largest absolute Gasteiger partial charge is 2.00 e. The predicted octanol–water partition coefficient (Wildman–Crippen LogP) is -1.44. The fraction of sp³-hybridized carbons (Fsp3) is 0. The molecule has 0 aliphatic carbocycles. The maximum Gasteiger partial charge on any atom is 2.00 e. The fourth-order valence-electron chi connectivity index (χ4n) is 0. The molecular formula is N4O6Pt. The summed E-state index contributed by atoms with van der Waals surface area (Å²) < 4.78 is 0. The van der Waals surface area contributed by atoms with Crippen LogP contribution in [0.5, 0.6) is 0 Å². The molecule has 66 valence electrons. The first-order valence-electron chi connectivity index (χ1n) is 1.10. The summed E-state index contributed by atoms with van der Waals surface area (Å²) in [6.07, 6.45) is 0. The molecule has 0 atom stereocenters. The Kier molecular flexibility index (Phi) is 67.8. The van der Waals surface area contributed by atoms with E-state index < -0.39 is 10.2 Å². The van der Waals surface area contributed by atoms with Crippen LogP contribution in [0, 0.1) is 30.6 Å². The Bertz CT molecular complexity index is 72.6. The van der Waals surface area contributed by atoms with Crippen molar-refractivity contribution in [1.29, 1.82) is 0 Å². The topological polar surface area (TPSA) is 193 Å². The van der Waals surface area contributed by atoms with E-state index in [1.54, 1.807) is 0 Å². The predicted molar refractivity (Wildman–Crippen MR) is 25.0 cm³/mol. The summed E-state index contributed by atoms with van der Waals surface area (Å²) in [6, 6.07) is 0. The number of nitrogens with zero attached hydrogens (tertiary/aromatic N) is 4. The van der Waals surface area contributed by atoms with Crippen molar-refractivity contribution in [2.24, 2.45) is 0 Å². The van der Waals surface area contributed by atoms with Gasteiger partial charge < -0.3 is 30.6 Å². The second-order valence-corrected chi connectivity index (χ2v) is 0.447. The van der Waals surface area contributed by atoms with E-state index in [0.717, 1.165) is 0 Å². The van der Waals surface area contributed by atoms with Gasteiger partial charge >= 0.3 is 21.1 Å². The maximum atomic E-state index is 8.25. The van der Waals surface area contributed by atoms with Gasteiger partial charge in [-0.15, -0.1) is 0 Å². The summed E-state index contributed by atoms with van der Waals surface area (Å²) >= 11 is 0. The van der Waals surface area contributed by atoms with E-state index in [1.807, 2.05) is 0 Å². The molecular weight excluding hydrogens is 347 g/mol. The average Bonchev–Trinajstić information content (AvgIpc) is 1.25. The second-order valence-electron chi connectivity index (χ2n) is 0.447. The van der Waals surface area contributed by atoms with Crippen molar-refractivity contribution >= 4 is 0 Å². The second kappa shape index (κ2) is 23.0. The minimum absolute atomic E-state index is 0. The molecule has 0 fully saturated rings. The smallest absolute Gasteiger partial charge is 0.356 e. The summed E-state index contributed by atoms with van der Waals surface area (Å²) in [5, 5.41) is 29.5. The first-order chi connectivity index (χ1) is 3.46. The maximum absolute atomic E-state index is 8.25. The van der Waals surface area contributed by atoms with Crippen molar-refractivity contribution < 1.29 is 31.2 Å². The summed E-state index contributed by atoms with van der Waals surface area (Å²) in [7, 11) is 0. The molecule has 0 aliphatic heterocycles. The normalized spacial score (nSPS) is 4.36. The van der Waals surface area contributed by atoms with Crippen molar-refractivity contribution in [3.8, 4) is 0 Å². The van der Waals surface area contributed by atoms with Crippen LogP contribution in [0.25, 0.3) is 0 Å². The van der Waals surface area contributed by atoms with Crippen LogP contribution in [0.2, 0.25) is 0 Å². The molecule has 0 aromatic carbocycles. The molecule has 0 saturated heterocycles. The van der Waals surface area contributed by atoms with Gasteiger partial charge in [0.2, 0.25) is 0 Å². The fourth-order valence-corrected chi connectivity index (χ4v) is 0. The number of rotatable bonds is 0. The SMILES string of the molecule is O=[N+]([O-])[O-].O=[N+]([O-])[O-].[N].[N].[Pt+2]. The van der Waals surface area contributed by atoms with Crippen LogP contribution in [0.3, 0.4) is 0 Å². The Hall–Kier alpha value is -0.992. The zero-order valence-corrected chi connectivity index (χ0v) is 6.83. The molecule has 10 nitrogen and oxygen atoms in total. The van der Waals surface area contributed by atoms with Gasteiger partial charge in [0.25, 0.3) is 0 Å². The van der Waals surface area contributed by atoms with E-state index in [-0.39, 0.29) is 33.4 Å². The van der Waals surface area contributed by atoms with Crippen LogP contribution in [-0.4, -0.2) is 10.2 Å². The van der Waals surface area contributed by atoms with Crippen molar-refractivity contribution in [3.63, 3.8) is 0 Å². The van der Waals surface area contributed by atoms with E-state index in [1.165, 1.54) is 0 Å². The Labute approximate surface area is 74.8 Å². The first-order valence-corrected chi connectivity index (χ1v) is 1.10. The van der Waals surface area contributed by atoms with Gasteiger partial charge in [-0.25, -0.2) is 0 Å². The van der Waals surface area contributed by atoms with Crippen molar-refractivity contribution in [1.82, 2.24) is 12.3 Å². The average molecular weight is 347 g/mol. The number of hydrogen-bond acceptors (Lipinski definition) is 6. The van der Waals surface area contributed by atoms with Crippen LogP contribution >= 0.6 is 0 Å². The van der Waals surface area contributed by atoms with Gasteiger partial charge in [-0.2, -0.15) is 0 Å². The minimum Gasteiger partial charge on any atom is -0.356 e. The molecule has 0 aromatic heterocycles. The van der Waals surface area contributed by atoms with Crippen LogP contribution < -0.4 is 12.3 Å². The van der Waals surface area contributed by atoms with Crippen LogP contribution in [-0.2, 0) is 21.1 Å². The standard InChI is InChI=1S/2NO3.2N.Pt/c2*2-1(3)4;;;/q2*-1;;;+2. The van der Waals surface area contributed by atoms with Gasteiger partial charge in [-0.1, -0.05) is 0 Å². The van der Waals surface area contributed by atoms with E-state index in [4.69, 9.17) is 30.6 Å². The molecule has 0 aromatic rings. The summed E-state index contributed by atoms with van der Waals surface area (Å²) in [4.78, 5) is 16.5. The monoisotopic (exact) mass is 347 g/mol. The van der Waals surface area contributed by atoms with Crippen molar-refractivity contribution in [3.05, 3.63) is 30.6 Å². The van der Waals surface area contributed by atoms with Crippen LogP contribution in [0.15, 0.2) is 0 Å². The third-order valence-electron chi connectivity index (χ3n) is 0. The molecule has 11 heteroatoms. The van der Waals surface area contributed by atoms with E-state index in [9.17, 15) is 0 Å². The molecule has 6 radical (unpaired) electrons. The summed E-state index contributed by atoms with van der Waals surface area (Å²) in [6.45, 7) is 0. The van der Waals surface area contributed by atoms with E-state index in [2.05, 4.69) is 0 Å². The van der Waals surface area contributed by atoms with Gasteiger partial charge in [0.05, 0.1) is 10.2 Å². The number of hydrogen-bond donors (Lipinski definition) is 0. The van der Waals surface area contributed by atoms with E-state index >= 15 is 0 Å². The van der Waals surface area contributed by atoms with Gasteiger partial charge in [0.15, 0.2) is 0 Å². The molecule has 11 heavy (non-hydrogen) atoms. The summed E-state index contributed by atoms with van der Waals surface area (Å²) in [5.74, 6) is 0.